The molecule has 2 aromatic carbocycles. The van der Waals surface area contributed by atoms with Crippen LogP contribution < -0.4 is 10.5 Å². The summed E-state index contributed by atoms with van der Waals surface area (Å²) >= 11 is 3.34. The van der Waals surface area contributed by atoms with Crippen LogP contribution in [0.25, 0.3) is 0 Å². The maximum Gasteiger partial charge on any atom is 0.416 e. The van der Waals surface area contributed by atoms with Crippen LogP contribution in [0, 0.1) is 0 Å². The highest BCUT2D eigenvalue weighted by Gasteiger charge is 2.29. The van der Waals surface area contributed by atoms with Gasteiger partial charge in [-0.05, 0) is 46.3 Å². The first-order valence-electron chi connectivity index (χ1n) is 5.71. The van der Waals surface area contributed by atoms with Crippen molar-refractivity contribution in [3.8, 4) is 5.75 Å². The van der Waals surface area contributed by atoms with Gasteiger partial charge in [0.25, 0.3) is 0 Å². The molecule has 0 atom stereocenters. The molecule has 2 N–H and O–H groups in total. The minimum Gasteiger partial charge on any atom is -0.489 e. The van der Waals surface area contributed by atoms with Crippen LogP contribution in [-0.4, -0.2) is 0 Å². The van der Waals surface area contributed by atoms with Gasteiger partial charge < -0.3 is 10.5 Å². The maximum atomic E-state index is 12.4. The average Bonchev–Trinajstić information content (AvgIpc) is 2.40. The normalized spacial score (nSPS) is 11.4. The molecule has 0 heterocycles. The van der Waals surface area contributed by atoms with Crippen LogP contribution in [0.5, 0.6) is 5.75 Å². The second-order valence-electron chi connectivity index (χ2n) is 4.13. The summed E-state index contributed by atoms with van der Waals surface area (Å²) in [7, 11) is 0. The van der Waals surface area contributed by atoms with E-state index in [1.165, 1.54) is 12.1 Å². The lowest BCUT2D eigenvalue weighted by Gasteiger charge is -2.11. The SMILES string of the molecule is Nc1cccc(COc2ccc(C(F)(F)F)cc2)c1Br. The lowest BCUT2D eigenvalue weighted by atomic mass is 10.2. The Morgan fingerprint density at radius 1 is 1.05 bits per heavy atom. The molecule has 0 saturated heterocycles. The van der Waals surface area contributed by atoms with Gasteiger partial charge in [-0.15, -0.1) is 0 Å². The number of hydrogen-bond acceptors (Lipinski definition) is 2. The zero-order chi connectivity index (χ0) is 14.8. The minimum atomic E-state index is -4.34. The van der Waals surface area contributed by atoms with E-state index in [4.69, 9.17) is 10.5 Å². The number of hydrogen-bond donors (Lipinski definition) is 1. The van der Waals surface area contributed by atoms with Crippen molar-refractivity contribution in [2.24, 2.45) is 0 Å². The van der Waals surface area contributed by atoms with E-state index < -0.39 is 11.7 Å². The zero-order valence-corrected chi connectivity index (χ0v) is 11.8. The Labute approximate surface area is 122 Å². The third kappa shape index (κ3) is 3.45. The quantitative estimate of drug-likeness (QED) is 0.823. The molecular formula is C14H11BrF3NO. The van der Waals surface area contributed by atoms with Gasteiger partial charge >= 0.3 is 6.18 Å². The predicted molar refractivity (Wildman–Crippen MR) is 74.3 cm³/mol. The first kappa shape index (κ1) is 14.7. The van der Waals surface area contributed by atoms with Crippen molar-refractivity contribution in [3.63, 3.8) is 0 Å². The molecule has 0 spiro atoms. The van der Waals surface area contributed by atoms with Crippen molar-refractivity contribution in [1.29, 1.82) is 0 Å². The van der Waals surface area contributed by atoms with Gasteiger partial charge in [-0.25, -0.2) is 0 Å². The highest BCUT2D eigenvalue weighted by molar-refractivity contribution is 9.10. The summed E-state index contributed by atoms with van der Waals surface area (Å²) in [6.45, 7) is 0.219. The number of alkyl halides is 3. The summed E-state index contributed by atoms with van der Waals surface area (Å²) in [5.41, 5.74) is 6.44. The van der Waals surface area contributed by atoms with Gasteiger partial charge in [-0.3, -0.25) is 0 Å². The molecule has 2 aromatic rings. The fraction of sp³-hybridized carbons (Fsp3) is 0.143. The Hall–Kier alpha value is -1.69. The lowest BCUT2D eigenvalue weighted by Crippen LogP contribution is -2.04. The maximum absolute atomic E-state index is 12.4. The van der Waals surface area contributed by atoms with Crippen molar-refractivity contribution < 1.29 is 17.9 Å². The van der Waals surface area contributed by atoms with Gasteiger partial charge in [0.05, 0.1) is 5.56 Å². The number of benzene rings is 2. The van der Waals surface area contributed by atoms with Crippen molar-refractivity contribution in [3.05, 3.63) is 58.1 Å². The average molecular weight is 346 g/mol. The number of ether oxygens (including phenoxy) is 1. The summed E-state index contributed by atoms with van der Waals surface area (Å²) in [6, 6.07) is 9.92. The summed E-state index contributed by atoms with van der Waals surface area (Å²) in [5.74, 6) is 0.368. The second kappa shape index (κ2) is 5.75. The Morgan fingerprint density at radius 2 is 1.70 bits per heavy atom. The van der Waals surface area contributed by atoms with Crippen LogP contribution >= 0.6 is 15.9 Å². The van der Waals surface area contributed by atoms with E-state index in [2.05, 4.69) is 15.9 Å². The van der Waals surface area contributed by atoms with Crippen LogP contribution in [0.3, 0.4) is 0 Å². The summed E-state index contributed by atoms with van der Waals surface area (Å²) in [6.07, 6.45) is -4.34. The predicted octanol–water partition coefficient (Wildman–Crippen LogP) is 4.63. The molecule has 2 nitrogen and oxygen atoms in total. The molecule has 0 aliphatic rings. The molecule has 0 fully saturated rings. The third-order valence-electron chi connectivity index (χ3n) is 2.68. The molecule has 6 heteroatoms. The molecule has 0 aliphatic heterocycles. The van der Waals surface area contributed by atoms with E-state index in [-0.39, 0.29) is 6.61 Å². The Kier molecular flexibility index (Phi) is 4.23. The highest BCUT2D eigenvalue weighted by atomic mass is 79.9. The van der Waals surface area contributed by atoms with Crippen LogP contribution in [0.4, 0.5) is 18.9 Å². The minimum absolute atomic E-state index is 0.219. The monoisotopic (exact) mass is 345 g/mol. The van der Waals surface area contributed by atoms with E-state index in [1.807, 2.05) is 6.07 Å². The largest absolute Gasteiger partial charge is 0.489 e. The Balaban J connectivity index is 2.06. The van der Waals surface area contributed by atoms with Crippen molar-refractivity contribution in [1.82, 2.24) is 0 Å². The van der Waals surface area contributed by atoms with Gasteiger partial charge in [0.2, 0.25) is 0 Å². The molecule has 0 aliphatic carbocycles. The van der Waals surface area contributed by atoms with E-state index in [0.29, 0.717) is 11.4 Å². The second-order valence-corrected chi connectivity index (χ2v) is 4.92. The summed E-state index contributed by atoms with van der Waals surface area (Å²) < 4.78 is 43.4. The fourth-order valence-corrected chi connectivity index (χ4v) is 1.99. The molecule has 0 bridgehead atoms. The molecule has 0 amide bonds. The first-order chi connectivity index (χ1) is 9.38. The fourth-order valence-electron chi connectivity index (χ4n) is 1.61. The van der Waals surface area contributed by atoms with E-state index in [9.17, 15) is 13.2 Å². The molecule has 0 saturated carbocycles. The van der Waals surface area contributed by atoms with Gasteiger partial charge in [0.15, 0.2) is 0 Å². The Bertz CT molecular complexity index is 596. The van der Waals surface area contributed by atoms with E-state index in [1.54, 1.807) is 12.1 Å². The van der Waals surface area contributed by atoms with Crippen LogP contribution in [-0.2, 0) is 12.8 Å². The molecule has 0 unspecified atom stereocenters. The van der Waals surface area contributed by atoms with Crippen molar-refractivity contribution >= 4 is 21.6 Å². The molecular weight excluding hydrogens is 335 g/mol. The third-order valence-corrected chi connectivity index (χ3v) is 3.65. The van der Waals surface area contributed by atoms with Gasteiger partial charge in [0, 0.05) is 15.7 Å². The molecule has 106 valence electrons. The number of anilines is 1. The van der Waals surface area contributed by atoms with Gasteiger partial charge in [-0.1, -0.05) is 12.1 Å². The highest BCUT2D eigenvalue weighted by Crippen LogP contribution is 2.30. The van der Waals surface area contributed by atoms with Gasteiger partial charge in [-0.2, -0.15) is 13.2 Å². The molecule has 20 heavy (non-hydrogen) atoms. The standard InChI is InChI=1S/C14H11BrF3NO/c15-13-9(2-1-3-12(13)19)8-20-11-6-4-10(5-7-11)14(16,17)18/h1-7H,8,19H2. The number of nitrogen functional groups attached to an aromatic ring is 1. The Morgan fingerprint density at radius 3 is 2.30 bits per heavy atom. The molecule has 2 rings (SSSR count). The number of halogens is 4. The summed E-state index contributed by atoms with van der Waals surface area (Å²) in [5, 5.41) is 0. The van der Waals surface area contributed by atoms with Crippen molar-refractivity contribution in [2.75, 3.05) is 5.73 Å². The smallest absolute Gasteiger partial charge is 0.416 e. The zero-order valence-electron chi connectivity index (χ0n) is 10.2. The van der Waals surface area contributed by atoms with E-state index >= 15 is 0 Å². The number of rotatable bonds is 3. The lowest BCUT2D eigenvalue weighted by molar-refractivity contribution is -0.137. The van der Waals surface area contributed by atoms with Crippen LogP contribution in [0.15, 0.2) is 46.9 Å². The molecule has 0 radical (unpaired) electrons. The van der Waals surface area contributed by atoms with Crippen molar-refractivity contribution in [2.45, 2.75) is 12.8 Å². The van der Waals surface area contributed by atoms with Crippen LogP contribution in [0.1, 0.15) is 11.1 Å². The summed E-state index contributed by atoms with van der Waals surface area (Å²) in [4.78, 5) is 0. The topological polar surface area (TPSA) is 35.2 Å². The van der Waals surface area contributed by atoms with Crippen LogP contribution in [0.2, 0.25) is 0 Å². The molecule has 0 aromatic heterocycles. The van der Waals surface area contributed by atoms with E-state index in [0.717, 1.165) is 22.2 Å². The number of nitrogens with two attached hydrogens (primary N) is 1. The first-order valence-corrected chi connectivity index (χ1v) is 6.50. The van der Waals surface area contributed by atoms with Gasteiger partial charge in [0.1, 0.15) is 12.4 Å².